The minimum Gasteiger partial charge on any atom is -0.316 e. The Kier molecular flexibility index (Phi) is 3.11. The van der Waals surface area contributed by atoms with Gasteiger partial charge in [0, 0.05) is 18.9 Å². The van der Waals surface area contributed by atoms with Gasteiger partial charge in [0.15, 0.2) is 9.84 Å². The molecule has 1 N–H and O–H groups in total. The largest absolute Gasteiger partial charge is 0.316 e. The van der Waals surface area contributed by atoms with Crippen LogP contribution in [-0.4, -0.2) is 38.3 Å². The summed E-state index contributed by atoms with van der Waals surface area (Å²) in [6.45, 7) is 1.61. The lowest BCUT2D eigenvalue weighted by molar-refractivity contribution is -0.121. The van der Waals surface area contributed by atoms with E-state index in [-0.39, 0.29) is 29.1 Å². The third kappa shape index (κ3) is 2.78. The third-order valence-electron chi connectivity index (χ3n) is 3.18. The Morgan fingerprint density at radius 2 is 2.00 bits per heavy atom. The molecule has 1 aliphatic carbocycles. The molecule has 86 valence electrons. The lowest BCUT2D eigenvalue weighted by Crippen LogP contribution is -2.22. The molecule has 2 aliphatic rings. The predicted octanol–water partition coefficient (Wildman–Crippen LogP) is 0.132. The molecule has 0 spiro atoms. The minimum atomic E-state index is -2.95. The molecule has 1 saturated carbocycles. The summed E-state index contributed by atoms with van der Waals surface area (Å²) in [5.74, 6) is 0.233. The van der Waals surface area contributed by atoms with Crippen molar-refractivity contribution >= 4 is 15.6 Å². The van der Waals surface area contributed by atoms with Crippen LogP contribution in [0.5, 0.6) is 0 Å². The molecular weight excluding hydrogens is 214 g/mol. The molecule has 4 nitrogen and oxygen atoms in total. The van der Waals surface area contributed by atoms with Gasteiger partial charge in [0.25, 0.3) is 0 Å². The zero-order chi connectivity index (χ0) is 10.9. The number of hydrogen-bond acceptors (Lipinski definition) is 4. The number of carbonyl (C=O) groups is 1. The van der Waals surface area contributed by atoms with E-state index in [0.717, 1.165) is 32.4 Å². The second-order valence-electron chi connectivity index (χ2n) is 4.47. The molecule has 5 heteroatoms. The fraction of sp³-hybridized carbons (Fsp3) is 0.900. The molecule has 1 saturated heterocycles. The lowest BCUT2D eigenvalue weighted by atomic mass is 10.0. The fourth-order valence-corrected chi connectivity index (χ4v) is 3.64. The van der Waals surface area contributed by atoms with E-state index >= 15 is 0 Å². The molecule has 2 rings (SSSR count). The van der Waals surface area contributed by atoms with E-state index in [2.05, 4.69) is 5.32 Å². The van der Waals surface area contributed by atoms with Crippen LogP contribution in [0.2, 0.25) is 0 Å². The summed E-state index contributed by atoms with van der Waals surface area (Å²) in [7, 11) is -2.95. The molecule has 15 heavy (non-hydrogen) atoms. The first kappa shape index (κ1) is 11.1. The van der Waals surface area contributed by atoms with Gasteiger partial charge in [0.05, 0.1) is 11.0 Å². The Morgan fingerprint density at radius 3 is 2.53 bits per heavy atom. The molecular formula is C10H17NO3S. The molecule has 0 aromatic carbocycles. The summed E-state index contributed by atoms with van der Waals surface area (Å²) >= 11 is 0. The standard InChI is InChI=1S/C10H17NO3S/c12-10(8-3-5-11-7-8)4-6-15(13,14)9-1-2-9/h8-9,11H,1-7H2/t8-/m1/s1. The topological polar surface area (TPSA) is 63.2 Å². The number of Topliss-reactive ketones (excluding diaryl/α,β-unsaturated/α-hetero) is 1. The highest BCUT2D eigenvalue weighted by Crippen LogP contribution is 2.29. The molecule has 1 atom stereocenters. The number of rotatable bonds is 5. The Bertz CT molecular complexity index is 340. The summed E-state index contributed by atoms with van der Waals surface area (Å²) in [5, 5.41) is 2.98. The second kappa shape index (κ2) is 4.22. The molecule has 1 heterocycles. The molecule has 0 aromatic heterocycles. The van der Waals surface area contributed by atoms with Crippen molar-refractivity contribution in [1.82, 2.24) is 5.32 Å². The van der Waals surface area contributed by atoms with Crippen LogP contribution in [0.25, 0.3) is 0 Å². The summed E-state index contributed by atoms with van der Waals surface area (Å²) in [4.78, 5) is 11.6. The smallest absolute Gasteiger partial charge is 0.153 e. The van der Waals surface area contributed by atoms with E-state index in [4.69, 9.17) is 0 Å². The quantitative estimate of drug-likeness (QED) is 0.730. The molecule has 0 aromatic rings. The molecule has 0 amide bonds. The predicted molar refractivity (Wildman–Crippen MR) is 57.4 cm³/mol. The van der Waals surface area contributed by atoms with Gasteiger partial charge in [-0.1, -0.05) is 0 Å². The Balaban J connectivity index is 1.79. The van der Waals surface area contributed by atoms with E-state index < -0.39 is 9.84 Å². The normalized spacial score (nSPS) is 26.8. The van der Waals surface area contributed by atoms with Crippen LogP contribution < -0.4 is 5.32 Å². The van der Waals surface area contributed by atoms with Gasteiger partial charge >= 0.3 is 0 Å². The number of carbonyl (C=O) groups excluding carboxylic acids is 1. The van der Waals surface area contributed by atoms with Gasteiger partial charge in [-0.3, -0.25) is 4.79 Å². The molecule has 0 unspecified atom stereocenters. The molecule has 2 fully saturated rings. The first-order chi connectivity index (χ1) is 7.09. The number of sulfone groups is 1. The highest BCUT2D eigenvalue weighted by atomic mass is 32.2. The lowest BCUT2D eigenvalue weighted by Gasteiger charge is -2.07. The van der Waals surface area contributed by atoms with Crippen LogP contribution in [0.15, 0.2) is 0 Å². The van der Waals surface area contributed by atoms with Crippen molar-refractivity contribution in [3.8, 4) is 0 Å². The van der Waals surface area contributed by atoms with Crippen LogP contribution in [0, 0.1) is 5.92 Å². The summed E-state index contributed by atoms with van der Waals surface area (Å²) in [6.07, 6.45) is 2.66. The van der Waals surface area contributed by atoms with Crippen LogP contribution in [0.1, 0.15) is 25.7 Å². The molecule has 0 bridgehead atoms. The van der Waals surface area contributed by atoms with Crippen molar-refractivity contribution < 1.29 is 13.2 Å². The van der Waals surface area contributed by atoms with E-state index in [1.165, 1.54) is 0 Å². The maximum absolute atomic E-state index is 11.6. The van der Waals surface area contributed by atoms with Crippen molar-refractivity contribution in [2.45, 2.75) is 30.9 Å². The van der Waals surface area contributed by atoms with Gasteiger partial charge in [-0.2, -0.15) is 0 Å². The van der Waals surface area contributed by atoms with E-state index in [1.807, 2.05) is 0 Å². The van der Waals surface area contributed by atoms with Gasteiger partial charge in [-0.05, 0) is 25.8 Å². The zero-order valence-corrected chi connectivity index (χ0v) is 9.55. The van der Waals surface area contributed by atoms with Crippen LogP contribution >= 0.6 is 0 Å². The van der Waals surface area contributed by atoms with Gasteiger partial charge in [0.1, 0.15) is 5.78 Å². The molecule has 1 aliphatic heterocycles. The Hall–Kier alpha value is -0.420. The summed E-state index contributed by atoms with van der Waals surface area (Å²) in [6, 6.07) is 0. The monoisotopic (exact) mass is 231 g/mol. The van der Waals surface area contributed by atoms with Gasteiger partial charge in [0.2, 0.25) is 0 Å². The van der Waals surface area contributed by atoms with Crippen molar-refractivity contribution in [2.24, 2.45) is 5.92 Å². The van der Waals surface area contributed by atoms with Crippen molar-refractivity contribution in [3.05, 3.63) is 0 Å². The third-order valence-corrected chi connectivity index (χ3v) is 5.44. The van der Waals surface area contributed by atoms with Gasteiger partial charge in [-0.15, -0.1) is 0 Å². The molecule has 0 radical (unpaired) electrons. The van der Waals surface area contributed by atoms with Crippen molar-refractivity contribution in [1.29, 1.82) is 0 Å². The van der Waals surface area contributed by atoms with Crippen molar-refractivity contribution in [2.75, 3.05) is 18.8 Å². The SMILES string of the molecule is O=C(CCS(=O)(=O)C1CC1)[C@@H]1CCNC1. The van der Waals surface area contributed by atoms with Crippen LogP contribution in [-0.2, 0) is 14.6 Å². The number of nitrogens with one attached hydrogen (secondary N) is 1. The highest BCUT2D eigenvalue weighted by molar-refractivity contribution is 7.92. The summed E-state index contributed by atoms with van der Waals surface area (Å²) in [5.41, 5.74) is 0. The minimum absolute atomic E-state index is 0.0550. The Labute approximate surface area is 90.3 Å². The fourth-order valence-electron chi connectivity index (χ4n) is 1.97. The van der Waals surface area contributed by atoms with Gasteiger partial charge < -0.3 is 5.32 Å². The first-order valence-corrected chi connectivity index (χ1v) is 7.26. The number of hydrogen-bond donors (Lipinski definition) is 1. The average molecular weight is 231 g/mol. The van der Waals surface area contributed by atoms with Gasteiger partial charge in [-0.25, -0.2) is 8.42 Å². The van der Waals surface area contributed by atoms with Crippen LogP contribution in [0.4, 0.5) is 0 Å². The maximum Gasteiger partial charge on any atom is 0.153 e. The van der Waals surface area contributed by atoms with E-state index in [9.17, 15) is 13.2 Å². The van der Waals surface area contributed by atoms with Crippen molar-refractivity contribution in [3.63, 3.8) is 0 Å². The number of ketones is 1. The average Bonchev–Trinajstić information content (AvgIpc) is 2.92. The zero-order valence-electron chi connectivity index (χ0n) is 8.74. The second-order valence-corrected chi connectivity index (χ2v) is 6.87. The summed E-state index contributed by atoms with van der Waals surface area (Å²) < 4.78 is 23.1. The van der Waals surface area contributed by atoms with E-state index in [1.54, 1.807) is 0 Å². The highest BCUT2D eigenvalue weighted by Gasteiger charge is 2.36. The maximum atomic E-state index is 11.6. The first-order valence-electron chi connectivity index (χ1n) is 5.54. The Morgan fingerprint density at radius 1 is 1.27 bits per heavy atom. The van der Waals surface area contributed by atoms with Crippen LogP contribution in [0.3, 0.4) is 0 Å². The van der Waals surface area contributed by atoms with E-state index in [0.29, 0.717) is 0 Å².